The largest absolute Gasteiger partial charge is 0.468 e. The van der Waals surface area contributed by atoms with Crippen molar-refractivity contribution in [2.24, 2.45) is 11.3 Å². The highest BCUT2D eigenvalue weighted by atomic mass is 16.5. The van der Waals surface area contributed by atoms with E-state index in [2.05, 4.69) is 0 Å². The highest BCUT2D eigenvalue weighted by Crippen LogP contribution is 2.45. The van der Waals surface area contributed by atoms with Crippen molar-refractivity contribution in [3.63, 3.8) is 0 Å². The van der Waals surface area contributed by atoms with Crippen LogP contribution in [0.3, 0.4) is 0 Å². The van der Waals surface area contributed by atoms with Crippen LogP contribution in [0.4, 0.5) is 0 Å². The number of hydrogen-bond donors (Lipinski definition) is 0. The highest BCUT2D eigenvalue weighted by molar-refractivity contribution is 6.19. The number of nitrogens with zero attached hydrogens (tertiary/aromatic N) is 1. The molecule has 0 bridgehead atoms. The monoisotopic (exact) mass is 287 g/mol. The Balaban J connectivity index is 1.76. The van der Waals surface area contributed by atoms with Crippen LogP contribution in [0.25, 0.3) is 0 Å². The Bertz CT molecular complexity index is 586. The van der Waals surface area contributed by atoms with Crippen molar-refractivity contribution in [3.8, 4) is 0 Å². The van der Waals surface area contributed by atoms with Crippen molar-refractivity contribution in [1.82, 2.24) is 4.90 Å². The first kappa shape index (κ1) is 13.8. The minimum atomic E-state index is -0.753. The van der Waals surface area contributed by atoms with E-state index in [9.17, 15) is 14.4 Å². The third kappa shape index (κ3) is 1.95. The molecule has 5 nitrogen and oxygen atoms in total. The van der Waals surface area contributed by atoms with Gasteiger partial charge in [0.15, 0.2) is 0 Å². The van der Waals surface area contributed by atoms with E-state index in [0.717, 1.165) is 0 Å². The minimum Gasteiger partial charge on any atom is -0.468 e. The predicted molar refractivity (Wildman–Crippen MR) is 74.9 cm³/mol. The van der Waals surface area contributed by atoms with Gasteiger partial charge in [0.1, 0.15) is 5.41 Å². The van der Waals surface area contributed by atoms with Gasteiger partial charge in [-0.2, -0.15) is 0 Å². The van der Waals surface area contributed by atoms with Crippen LogP contribution in [0.1, 0.15) is 19.3 Å². The van der Waals surface area contributed by atoms with Crippen molar-refractivity contribution in [2.75, 3.05) is 14.2 Å². The number of likely N-dealkylation sites (N-methyl/N-ethyl adjacent to an activating group) is 1. The number of likely N-dealkylation sites (tertiary alicyclic amines) is 1. The number of amides is 2. The molecule has 110 valence electrons. The van der Waals surface area contributed by atoms with Crippen molar-refractivity contribution in [3.05, 3.63) is 35.5 Å². The second kappa shape index (κ2) is 4.69. The lowest BCUT2D eigenvalue weighted by molar-refractivity contribution is -0.148. The van der Waals surface area contributed by atoms with Gasteiger partial charge in [0.2, 0.25) is 0 Å². The van der Waals surface area contributed by atoms with Gasteiger partial charge in [-0.1, -0.05) is 24.3 Å². The lowest BCUT2D eigenvalue weighted by Gasteiger charge is -2.26. The maximum Gasteiger partial charge on any atom is 0.319 e. The van der Waals surface area contributed by atoms with Gasteiger partial charge >= 0.3 is 5.97 Å². The first-order valence-corrected chi connectivity index (χ1v) is 6.98. The Morgan fingerprint density at radius 2 is 1.76 bits per heavy atom. The Labute approximate surface area is 122 Å². The molecule has 3 aliphatic rings. The molecule has 0 spiro atoms. The Kier molecular flexibility index (Phi) is 3.08. The zero-order valence-corrected chi connectivity index (χ0v) is 12.1. The van der Waals surface area contributed by atoms with Crippen molar-refractivity contribution < 1.29 is 19.1 Å². The molecule has 0 saturated heterocycles. The van der Waals surface area contributed by atoms with Crippen LogP contribution in [0.15, 0.2) is 35.5 Å². The highest BCUT2D eigenvalue weighted by Gasteiger charge is 2.45. The first-order valence-electron chi connectivity index (χ1n) is 6.98. The standard InChI is InChI=1S/C16H17NO4/c1-17-13(18)11-7-10(8-12(11)14(17)19)9-16(15(20)21-2)5-3-4-6-16/h3-6,10H,7-9H2,1-2H3. The normalized spacial score (nSPS) is 23.4. The molecule has 2 aliphatic carbocycles. The summed E-state index contributed by atoms with van der Waals surface area (Å²) in [6.07, 6.45) is 9.00. The average molecular weight is 287 g/mol. The number of hydrogen-bond acceptors (Lipinski definition) is 4. The fourth-order valence-corrected chi connectivity index (χ4v) is 3.50. The molecule has 0 fully saturated rings. The van der Waals surface area contributed by atoms with Gasteiger partial charge in [-0.15, -0.1) is 0 Å². The van der Waals surface area contributed by atoms with Gasteiger partial charge in [-0.3, -0.25) is 19.3 Å². The van der Waals surface area contributed by atoms with Crippen LogP contribution in [0.2, 0.25) is 0 Å². The fraction of sp³-hybridized carbons (Fsp3) is 0.438. The van der Waals surface area contributed by atoms with Crippen molar-refractivity contribution in [1.29, 1.82) is 0 Å². The molecule has 2 amide bonds. The van der Waals surface area contributed by atoms with Crippen molar-refractivity contribution in [2.45, 2.75) is 19.3 Å². The van der Waals surface area contributed by atoms with Gasteiger partial charge in [0.25, 0.3) is 11.8 Å². The van der Waals surface area contributed by atoms with Crippen LogP contribution in [0, 0.1) is 11.3 Å². The van der Waals surface area contributed by atoms with Crippen LogP contribution in [-0.2, 0) is 19.1 Å². The molecule has 21 heavy (non-hydrogen) atoms. The number of imide groups is 1. The minimum absolute atomic E-state index is 0.114. The van der Waals surface area contributed by atoms with E-state index in [1.54, 1.807) is 0 Å². The lowest BCUT2D eigenvalue weighted by atomic mass is 9.79. The number of carbonyl (C=O) groups excluding carboxylic acids is 3. The number of allylic oxidation sites excluding steroid dienone is 2. The Morgan fingerprint density at radius 1 is 1.24 bits per heavy atom. The molecule has 5 heteroatoms. The maximum absolute atomic E-state index is 12.1. The maximum atomic E-state index is 12.1. The Hall–Kier alpha value is -2.17. The van der Waals surface area contributed by atoms with E-state index in [-0.39, 0.29) is 23.7 Å². The smallest absolute Gasteiger partial charge is 0.319 e. The molecule has 0 saturated carbocycles. The topological polar surface area (TPSA) is 63.7 Å². The summed E-state index contributed by atoms with van der Waals surface area (Å²) >= 11 is 0. The summed E-state index contributed by atoms with van der Waals surface area (Å²) in [4.78, 5) is 37.2. The molecule has 0 unspecified atom stereocenters. The zero-order valence-electron chi connectivity index (χ0n) is 12.1. The Morgan fingerprint density at radius 3 is 2.24 bits per heavy atom. The van der Waals surface area contributed by atoms with Gasteiger partial charge in [0, 0.05) is 18.2 Å². The molecule has 0 aromatic rings. The third-order valence-corrected chi connectivity index (χ3v) is 4.57. The summed E-state index contributed by atoms with van der Waals surface area (Å²) in [7, 11) is 2.88. The fourth-order valence-electron chi connectivity index (χ4n) is 3.50. The van der Waals surface area contributed by atoms with Gasteiger partial charge in [-0.05, 0) is 25.2 Å². The van der Waals surface area contributed by atoms with Crippen LogP contribution < -0.4 is 0 Å². The molecule has 0 atom stereocenters. The molecule has 0 aromatic heterocycles. The molecule has 1 aliphatic heterocycles. The second-order valence-electron chi connectivity index (χ2n) is 5.86. The van der Waals surface area contributed by atoms with E-state index in [0.29, 0.717) is 30.4 Å². The quantitative estimate of drug-likeness (QED) is 0.581. The first-order chi connectivity index (χ1) is 9.98. The molecular weight excluding hydrogens is 270 g/mol. The van der Waals surface area contributed by atoms with E-state index in [1.165, 1.54) is 19.1 Å². The second-order valence-corrected chi connectivity index (χ2v) is 5.86. The SMILES string of the molecule is COC(=O)C1(CC2CC3=C(C2)C(=O)N(C)C3=O)C=CC=C1. The number of ether oxygens (including phenoxy) is 1. The van der Waals surface area contributed by atoms with Gasteiger partial charge in [-0.25, -0.2) is 0 Å². The van der Waals surface area contributed by atoms with Gasteiger partial charge in [0.05, 0.1) is 7.11 Å². The van der Waals surface area contributed by atoms with Crippen molar-refractivity contribution >= 4 is 17.8 Å². The summed E-state index contributed by atoms with van der Waals surface area (Å²) in [5.74, 6) is -0.568. The van der Waals surface area contributed by atoms with Crippen LogP contribution in [0.5, 0.6) is 0 Å². The number of rotatable bonds is 3. The molecule has 1 heterocycles. The zero-order chi connectivity index (χ0) is 15.2. The van der Waals surface area contributed by atoms with Crippen LogP contribution >= 0.6 is 0 Å². The predicted octanol–water partition coefficient (Wildman–Crippen LogP) is 1.37. The van der Waals surface area contributed by atoms with E-state index in [4.69, 9.17) is 4.74 Å². The number of methoxy groups -OCH3 is 1. The van der Waals surface area contributed by atoms with E-state index >= 15 is 0 Å². The molecule has 0 N–H and O–H groups in total. The average Bonchev–Trinajstić information content (AvgIpc) is 3.15. The summed E-state index contributed by atoms with van der Waals surface area (Å²) in [5.41, 5.74) is 0.494. The third-order valence-electron chi connectivity index (χ3n) is 4.57. The molecule has 0 radical (unpaired) electrons. The lowest BCUT2D eigenvalue weighted by Crippen LogP contribution is -2.32. The van der Waals surface area contributed by atoms with Gasteiger partial charge < -0.3 is 4.74 Å². The van der Waals surface area contributed by atoms with Crippen LogP contribution in [-0.4, -0.2) is 36.8 Å². The summed E-state index contributed by atoms with van der Waals surface area (Å²) in [6.45, 7) is 0. The molecule has 0 aromatic carbocycles. The number of carbonyl (C=O) groups is 3. The molecule has 3 rings (SSSR count). The molecular formula is C16H17NO4. The summed E-state index contributed by atoms with van der Waals surface area (Å²) in [6, 6.07) is 0. The number of esters is 1. The van der Waals surface area contributed by atoms with E-state index in [1.807, 2.05) is 24.3 Å². The summed E-state index contributed by atoms with van der Waals surface area (Å²) < 4.78 is 4.90. The summed E-state index contributed by atoms with van der Waals surface area (Å²) in [5, 5.41) is 0. The van der Waals surface area contributed by atoms with E-state index < -0.39 is 5.41 Å².